The molecule has 0 bridgehead atoms. The number of hydrogen-bond acceptors (Lipinski definition) is 6. The Bertz CT molecular complexity index is 872. The molecule has 6 nitrogen and oxygen atoms in total. The number of phenols is 1. The molecule has 1 aliphatic heterocycles. The number of nitrogens with zero attached hydrogens (tertiary/aromatic N) is 1. The van der Waals surface area contributed by atoms with Gasteiger partial charge in [-0.2, -0.15) is 0 Å². The van der Waals surface area contributed by atoms with Gasteiger partial charge in [0.2, 0.25) is 5.90 Å². The molecule has 0 radical (unpaired) electrons. The van der Waals surface area contributed by atoms with Gasteiger partial charge in [-0.3, -0.25) is 0 Å². The van der Waals surface area contributed by atoms with Crippen molar-refractivity contribution in [2.45, 2.75) is 23.8 Å². The van der Waals surface area contributed by atoms with Crippen molar-refractivity contribution >= 4 is 15.7 Å². The maximum atomic E-state index is 11.5. The fourth-order valence-electron chi connectivity index (χ4n) is 2.42. The van der Waals surface area contributed by atoms with E-state index in [1.54, 1.807) is 36.4 Å². The lowest BCUT2D eigenvalue weighted by Crippen LogP contribution is -2.23. The molecule has 0 fully saturated rings. The Morgan fingerprint density at radius 3 is 2.33 bits per heavy atom. The van der Waals surface area contributed by atoms with Crippen molar-refractivity contribution in [1.29, 1.82) is 0 Å². The van der Waals surface area contributed by atoms with E-state index >= 15 is 0 Å². The van der Waals surface area contributed by atoms with Gasteiger partial charge in [-0.15, -0.1) is 0 Å². The first kappa shape index (κ1) is 16.3. The Balaban J connectivity index is 1.71. The van der Waals surface area contributed by atoms with Crippen molar-refractivity contribution in [2.75, 3.05) is 6.26 Å². The zero-order chi connectivity index (χ0) is 17.4. The topological polar surface area (TPSA) is 85.2 Å². The van der Waals surface area contributed by atoms with Crippen LogP contribution in [0.4, 0.5) is 0 Å². The predicted molar refractivity (Wildman–Crippen MR) is 88.8 cm³/mol. The lowest BCUT2D eigenvalue weighted by molar-refractivity contribution is -0.00742. The van der Waals surface area contributed by atoms with Crippen LogP contribution in [0.15, 0.2) is 58.6 Å². The second-order valence-corrected chi connectivity index (χ2v) is 7.89. The summed E-state index contributed by atoms with van der Waals surface area (Å²) in [6.45, 7) is 1.88. The Morgan fingerprint density at radius 1 is 1.12 bits per heavy atom. The summed E-state index contributed by atoms with van der Waals surface area (Å²) in [7, 11) is -3.24. The van der Waals surface area contributed by atoms with E-state index in [0.29, 0.717) is 18.1 Å². The highest BCUT2D eigenvalue weighted by Crippen LogP contribution is 2.35. The molecule has 0 aliphatic carbocycles. The van der Waals surface area contributed by atoms with Crippen LogP contribution in [0.3, 0.4) is 0 Å². The Hall–Kier alpha value is -2.54. The molecule has 0 saturated carbocycles. The summed E-state index contributed by atoms with van der Waals surface area (Å²) in [6, 6.07) is 12.9. The van der Waals surface area contributed by atoms with Crippen LogP contribution in [0.5, 0.6) is 11.5 Å². The largest absolute Gasteiger partial charge is 0.508 e. The molecule has 1 atom stereocenters. The van der Waals surface area contributed by atoms with Crippen molar-refractivity contribution < 1.29 is 23.1 Å². The van der Waals surface area contributed by atoms with Gasteiger partial charge in [-0.05, 0) is 48.9 Å². The maximum absolute atomic E-state index is 11.5. The second kappa shape index (κ2) is 5.83. The monoisotopic (exact) mass is 347 g/mol. The van der Waals surface area contributed by atoms with Crippen LogP contribution in [0.25, 0.3) is 0 Å². The fraction of sp³-hybridized carbons (Fsp3) is 0.235. The van der Waals surface area contributed by atoms with Crippen LogP contribution in [0, 0.1) is 0 Å². The lowest BCUT2D eigenvalue weighted by Gasteiger charge is -2.21. The Morgan fingerprint density at radius 2 is 1.75 bits per heavy atom. The smallest absolute Gasteiger partial charge is 0.235 e. The number of oxime groups is 1. The van der Waals surface area contributed by atoms with Gasteiger partial charge in [0.15, 0.2) is 15.4 Å². The molecule has 1 heterocycles. The third-order valence-electron chi connectivity index (χ3n) is 3.80. The Labute approximate surface area is 140 Å². The molecule has 126 valence electrons. The SMILES string of the molecule is C[C@@]1(c2ccc(O)cc2)CC(Oc2ccc(S(C)(=O)=O)cc2)=NO1. The summed E-state index contributed by atoms with van der Waals surface area (Å²) in [4.78, 5) is 5.74. The van der Waals surface area contributed by atoms with Crippen molar-refractivity contribution in [1.82, 2.24) is 0 Å². The number of rotatable bonds is 3. The normalized spacial score (nSPS) is 20.3. The van der Waals surface area contributed by atoms with E-state index in [4.69, 9.17) is 9.57 Å². The molecule has 0 saturated heterocycles. The van der Waals surface area contributed by atoms with Crippen molar-refractivity contribution in [2.24, 2.45) is 5.16 Å². The van der Waals surface area contributed by atoms with E-state index in [1.807, 2.05) is 6.92 Å². The van der Waals surface area contributed by atoms with Crippen molar-refractivity contribution in [3.63, 3.8) is 0 Å². The van der Waals surface area contributed by atoms with Gasteiger partial charge in [0.05, 0.1) is 11.3 Å². The van der Waals surface area contributed by atoms with E-state index in [-0.39, 0.29) is 10.6 Å². The molecule has 0 spiro atoms. The molecule has 0 amide bonds. The zero-order valence-electron chi connectivity index (χ0n) is 13.3. The number of aromatic hydroxyl groups is 1. The highest BCUT2D eigenvalue weighted by molar-refractivity contribution is 7.90. The second-order valence-electron chi connectivity index (χ2n) is 5.88. The number of hydrogen-bond donors (Lipinski definition) is 1. The van der Waals surface area contributed by atoms with Crippen LogP contribution in [0.1, 0.15) is 18.9 Å². The Kier molecular flexibility index (Phi) is 3.96. The van der Waals surface area contributed by atoms with Gasteiger partial charge >= 0.3 is 0 Å². The van der Waals surface area contributed by atoms with Gasteiger partial charge in [0, 0.05) is 6.26 Å². The van der Waals surface area contributed by atoms with Crippen LogP contribution in [-0.2, 0) is 20.3 Å². The van der Waals surface area contributed by atoms with Gasteiger partial charge < -0.3 is 14.7 Å². The summed E-state index contributed by atoms with van der Waals surface area (Å²) < 4.78 is 28.6. The van der Waals surface area contributed by atoms with E-state index in [2.05, 4.69) is 5.16 Å². The minimum absolute atomic E-state index is 0.184. The van der Waals surface area contributed by atoms with E-state index in [0.717, 1.165) is 11.8 Å². The van der Waals surface area contributed by atoms with Crippen LogP contribution < -0.4 is 4.74 Å². The quantitative estimate of drug-likeness (QED) is 0.923. The highest BCUT2D eigenvalue weighted by atomic mass is 32.2. The van der Waals surface area contributed by atoms with Crippen LogP contribution in [-0.4, -0.2) is 25.7 Å². The van der Waals surface area contributed by atoms with Gasteiger partial charge in [-0.1, -0.05) is 17.3 Å². The first-order valence-electron chi connectivity index (χ1n) is 7.29. The van der Waals surface area contributed by atoms with Crippen LogP contribution in [0.2, 0.25) is 0 Å². The summed E-state index contributed by atoms with van der Waals surface area (Å²) in [5.41, 5.74) is 0.200. The van der Waals surface area contributed by atoms with E-state index < -0.39 is 15.4 Å². The van der Waals surface area contributed by atoms with E-state index in [1.165, 1.54) is 12.1 Å². The molecule has 0 aromatic heterocycles. The molecule has 2 aromatic rings. The average molecular weight is 347 g/mol. The molecule has 3 rings (SSSR count). The number of ether oxygens (including phenoxy) is 1. The molecule has 2 aromatic carbocycles. The third kappa shape index (κ3) is 3.35. The van der Waals surface area contributed by atoms with Crippen molar-refractivity contribution in [3.8, 4) is 11.5 Å². The van der Waals surface area contributed by atoms with Crippen molar-refractivity contribution in [3.05, 3.63) is 54.1 Å². The minimum Gasteiger partial charge on any atom is -0.508 e. The summed E-state index contributed by atoms with van der Waals surface area (Å²) in [5.74, 6) is 1.07. The molecular formula is C17H17NO5S. The summed E-state index contributed by atoms with van der Waals surface area (Å²) in [6.07, 6.45) is 1.58. The molecule has 1 N–H and O–H groups in total. The zero-order valence-corrected chi connectivity index (χ0v) is 14.1. The average Bonchev–Trinajstić information content (AvgIpc) is 2.90. The molecular weight excluding hydrogens is 330 g/mol. The highest BCUT2D eigenvalue weighted by Gasteiger charge is 2.37. The summed E-state index contributed by atoms with van der Waals surface area (Å²) in [5, 5.41) is 13.3. The minimum atomic E-state index is -3.24. The van der Waals surface area contributed by atoms with Gasteiger partial charge in [0.1, 0.15) is 11.5 Å². The molecule has 1 aliphatic rings. The van der Waals surface area contributed by atoms with E-state index in [9.17, 15) is 13.5 Å². The molecule has 24 heavy (non-hydrogen) atoms. The predicted octanol–water partition coefficient (Wildman–Crippen LogP) is 2.82. The number of sulfone groups is 1. The van der Waals surface area contributed by atoms with Gasteiger partial charge in [-0.25, -0.2) is 8.42 Å². The van der Waals surface area contributed by atoms with Crippen LogP contribution >= 0.6 is 0 Å². The summed E-state index contributed by atoms with van der Waals surface area (Å²) >= 11 is 0. The molecule has 7 heteroatoms. The lowest BCUT2D eigenvalue weighted by atomic mass is 9.93. The number of phenolic OH excluding ortho intramolecular Hbond substituents is 1. The van der Waals surface area contributed by atoms with Gasteiger partial charge in [0.25, 0.3) is 0 Å². The first-order valence-corrected chi connectivity index (χ1v) is 9.18. The molecule has 0 unspecified atom stereocenters. The standard InChI is InChI=1S/C17H17NO5S/c1-17(12-3-5-13(19)6-4-12)11-16(18-23-17)22-14-7-9-15(10-8-14)24(2,20)21/h3-10,19H,11H2,1-2H3/t17-/m0/s1. The third-order valence-corrected chi connectivity index (χ3v) is 4.93. The first-order chi connectivity index (χ1) is 11.3. The number of benzene rings is 2. The maximum Gasteiger partial charge on any atom is 0.235 e. The fourth-order valence-corrected chi connectivity index (χ4v) is 3.05.